The molecule has 0 heterocycles. The fourth-order valence-corrected chi connectivity index (χ4v) is 0.942. The minimum Gasteiger partial charge on any atom is -0.497 e. The maximum Gasteiger partial charge on any atom is 0.215 e. The normalized spacial score (nSPS) is 12.5. The van der Waals surface area contributed by atoms with Gasteiger partial charge in [-0.1, -0.05) is 12.1 Å². The van der Waals surface area contributed by atoms with Crippen molar-refractivity contribution in [1.82, 2.24) is 0 Å². The van der Waals surface area contributed by atoms with Crippen LogP contribution in [0, 0.1) is 0 Å². The van der Waals surface area contributed by atoms with Crippen LogP contribution in [0.4, 0.5) is 0 Å². The van der Waals surface area contributed by atoms with Crippen molar-refractivity contribution in [3.63, 3.8) is 0 Å². The second-order valence-electron chi connectivity index (χ2n) is 2.39. The standard InChI is InChI=1S/C9H12O4/c1-11-8-5-3-4-7(6-8)9(10)13-12-2/h3-6,9-10H,1-2H3. The lowest BCUT2D eigenvalue weighted by Gasteiger charge is -2.09. The number of aliphatic hydroxyl groups excluding tert-OH is 1. The Hall–Kier alpha value is -1.10. The zero-order valence-corrected chi connectivity index (χ0v) is 7.56. The Balaban J connectivity index is 2.75. The molecule has 0 aromatic heterocycles. The van der Waals surface area contributed by atoms with E-state index >= 15 is 0 Å². The molecule has 1 N–H and O–H groups in total. The largest absolute Gasteiger partial charge is 0.497 e. The summed E-state index contributed by atoms with van der Waals surface area (Å²) in [6.07, 6.45) is -1.08. The molecule has 72 valence electrons. The molecule has 1 unspecified atom stereocenters. The van der Waals surface area contributed by atoms with E-state index in [-0.39, 0.29) is 0 Å². The molecule has 4 heteroatoms. The van der Waals surface area contributed by atoms with Crippen molar-refractivity contribution in [3.8, 4) is 5.75 Å². The number of hydrogen-bond donors (Lipinski definition) is 1. The van der Waals surface area contributed by atoms with Crippen LogP contribution in [0.3, 0.4) is 0 Å². The maximum absolute atomic E-state index is 9.34. The lowest BCUT2D eigenvalue weighted by molar-refractivity contribution is -0.358. The molecule has 1 aromatic carbocycles. The third kappa shape index (κ3) is 2.69. The first kappa shape index (κ1) is 9.98. The molecule has 0 bridgehead atoms. The quantitative estimate of drug-likeness (QED) is 0.435. The minimum atomic E-state index is -1.08. The SMILES string of the molecule is COOC(O)c1cccc(OC)c1. The van der Waals surface area contributed by atoms with Crippen molar-refractivity contribution < 1.29 is 19.6 Å². The number of aliphatic hydroxyl groups is 1. The Morgan fingerprint density at radius 3 is 2.69 bits per heavy atom. The summed E-state index contributed by atoms with van der Waals surface area (Å²) in [7, 11) is 2.89. The maximum atomic E-state index is 9.34. The van der Waals surface area contributed by atoms with Crippen LogP contribution >= 0.6 is 0 Å². The Morgan fingerprint density at radius 1 is 1.31 bits per heavy atom. The van der Waals surface area contributed by atoms with Crippen molar-refractivity contribution in [2.24, 2.45) is 0 Å². The van der Waals surface area contributed by atoms with Crippen LogP contribution in [-0.4, -0.2) is 19.3 Å². The highest BCUT2D eigenvalue weighted by Crippen LogP contribution is 2.19. The topological polar surface area (TPSA) is 47.9 Å². The van der Waals surface area contributed by atoms with Crippen LogP contribution in [-0.2, 0) is 9.78 Å². The minimum absolute atomic E-state index is 0.584. The van der Waals surface area contributed by atoms with Gasteiger partial charge >= 0.3 is 0 Å². The van der Waals surface area contributed by atoms with Crippen molar-refractivity contribution in [2.45, 2.75) is 6.29 Å². The molecule has 0 aliphatic carbocycles. The summed E-state index contributed by atoms with van der Waals surface area (Å²) in [5, 5.41) is 9.34. The van der Waals surface area contributed by atoms with Crippen molar-refractivity contribution in [2.75, 3.05) is 14.2 Å². The lowest BCUT2D eigenvalue weighted by atomic mass is 10.2. The summed E-state index contributed by atoms with van der Waals surface area (Å²) in [4.78, 5) is 8.87. The number of ether oxygens (including phenoxy) is 1. The third-order valence-electron chi connectivity index (χ3n) is 1.57. The molecule has 0 spiro atoms. The highest BCUT2D eigenvalue weighted by atomic mass is 17.2. The van der Waals surface area contributed by atoms with Gasteiger partial charge in [0.2, 0.25) is 6.29 Å². The second-order valence-corrected chi connectivity index (χ2v) is 2.39. The monoisotopic (exact) mass is 184 g/mol. The summed E-state index contributed by atoms with van der Waals surface area (Å²) in [5.41, 5.74) is 0.584. The molecule has 0 fully saturated rings. The summed E-state index contributed by atoms with van der Waals surface area (Å²) in [6.45, 7) is 0. The van der Waals surface area contributed by atoms with Crippen LogP contribution in [0.25, 0.3) is 0 Å². The van der Waals surface area contributed by atoms with Crippen LogP contribution in [0.2, 0.25) is 0 Å². The number of hydrogen-bond acceptors (Lipinski definition) is 4. The van der Waals surface area contributed by atoms with E-state index in [1.54, 1.807) is 31.4 Å². The van der Waals surface area contributed by atoms with Gasteiger partial charge in [0.05, 0.1) is 14.2 Å². The first-order chi connectivity index (χ1) is 6.27. The van der Waals surface area contributed by atoms with Crippen molar-refractivity contribution in [3.05, 3.63) is 29.8 Å². The van der Waals surface area contributed by atoms with E-state index in [1.807, 2.05) is 0 Å². The van der Waals surface area contributed by atoms with E-state index in [1.165, 1.54) is 7.11 Å². The van der Waals surface area contributed by atoms with Crippen LogP contribution < -0.4 is 4.74 Å². The van der Waals surface area contributed by atoms with E-state index in [0.717, 1.165) is 0 Å². The van der Waals surface area contributed by atoms with Gasteiger partial charge in [-0.3, -0.25) is 0 Å². The van der Waals surface area contributed by atoms with Gasteiger partial charge in [0.15, 0.2) is 0 Å². The molecule has 1 rings (SSSR count). The van der Waals surface area contributed by atoms with E-state index < -0.39 is 6.29 Å². The Morgan fingerprint density at radius 2 is 2.08 bits per heavy atom. The summed E-state index contributed by atoms with van der Waals surface area (Å²) in [6, 6.07) is 6.93. The Kier molecular flexibility index (Phi) is 3.70. The van der Waals surface area contributed by atoms with Gasteiger partial charge in [0, 0.05) is 5.56 Å². The van der Waals surface area contributed by atoms with Crippen LogP contribution in [0.15, 0.2) is 24.3 Å². The first-order valence-corrected chi connectivity index (χ1v) is 3.79. The average Bonchev–Trinajstić information content (AvgIpc) is 2.18. The molecular weight excluding hydrogens is 172 g/mol. The Bertz CT molecular complexity index is 262. The van der Waals surface area contributed by atoms with Gasteiger partial charge in [-0.15, -0.1) is 0 Å². The highest BCUT2D eigenvalue weighted by molar-refractivity contribution is 5.28. The molecule has 0 saturated carbocycles. The lowest BCUT2D eigenvalue weighted by Crippen LogP contribution is -2.02. The van der Waals surface area contributed by atoms with Crippen LogP contribution in [0.5, 0.6) is 5.75 Å². The number of methoxy groups -OCH3 is 1. The van der Waals surface area contributed by atoms with Gasteiger partial charge in [-0.05, 0) is 12.1 Å². The molecule has 0 saturated heterocycles. The summed E-state index contributed by atoms with van der Waals surface area (Å²) < 4.78 is 4.98. The molecular formula is C9H12O4. The van der Waals surface area contributed by atoms with E-state index in [4.69, 9.17) is 4.74 Å². The predicted molar refractivity (Wildman–Crippen MR) is 46.0 cm³/mol. The average molecular weight is 184 g/mol. The molecule has 4 nitrogen and oxygen atoms in total. The van der Waals surface area contributed by atoms with Gasteiger partial charge in [0.1, 0.15) is 5.75 Å². The summed E-state index contributed by atoms with van der Waals surface area (Å²) in [5.74, 6) is 0.663. The smallest absolute Gasteiger partial charge is 0.215 e. The predicted octanol–water partition coefficient (Wildman–Crippen LogP) is 1.26. The zero-order chi connectivity index (χ0) is 9.68. The third-order valence-corrected chi connectivity index (χ3v) is 1.57. The van der Waals surface area contributed by atoms with E-state index in [9.17, 15) is 5.11 Å². The van der Waals surface area contributed by atoms with Gasteiger partial charge < -0.3 is 9.84 Å². The molecule has 1 aromatic rings. The van der Waals surface area contributed by atoms with Crippen molar-refractivity contribution >= 4 is 0 Å². The molecule has 1 atom stereocenters. The van der Waals surface area contributed by atoms with Gasteiger partial charge in [-0.25, -0.2) is 4.89 Å². The van der Waals surface area contributed by atoms with E-state index in [2.05, 4.69) is 9.78 Å². The molecule has 0 radical (unpaired) electrons. The van der Waals surface area contributed by atoms with Gasteiger partial charge in [0.25, 0.3) is 0 Å². The van der Waals surface area contributed by atoms with Gasteiger partial charge in [-0.2, -0.15) is 4.89 Å². The molecule has 0 amide bonds. The number of benzene rings is 1. The Labute approximate surface area is 76.6 Å². The molecule has 0 aliphatic heterocycles. The fraction of sp³-hybridized carbons (Fsp3) is 0.333. The molecule has 13 heavy (non-hydrogen) atoms. The number of rotatable bonds is 4. The highest BCUT2D eigenvalue weighted by Gasteiger charge is 2.08. The van der Waals surface area contributed by atoms with Crippen LogP contribution in [0.1, 0.15) is 11.9 Å². The van der Waals surface area contributed by atoms with E-state index in [0.29, 0.717) is 11.3 Å². The first-order valence-electron chi connectivity index (χ1n) is 3.79. The second kappa shape index (κ2) is 4.81. The fourth-order valence-electron chi connectivity index (χ4n) is 0.942. The molecule has 0 aliphatic rings. The summed E-state index contributed by atoms with van der Waals surface area (Å²) >= 11 is 0. The van der Waals surface area contributed by atoms with Crippen molar-refractivity contribution in [1.29, 1.82) is 0 Å². The zero-order valence-electron chi connectivity index (χ0n) is 7.56.